The number of aryl methyl sites for hydroxylation is 1. The van der Waals surface area contributed by atoms with Crippen molar-refractivity contribution < 1.29 is 13.2 Å². The number of nitriles is 1. The molecular formula is C12H13F3N2. The van der Waals surface area contributed by atoms with Crippen LogP contribution in [0.25, 0.3) is 0 Å². The largest absolute Gasteiger partial charge is 0.389 e. The van der Waals surface area contributed by atoms with E-state index in [0.717, 1.165) is 5.56 Å². The molecule has 1 rings (SSSR count). The molecule has 0 aliphatic rings. The molecule has 0 saturated heterocycles. The molecule has 0 amide bonds. The highest BCUT2D eigenvalue weighted by Crippen LogP contribution is 2.22. The van der Waals surface area contributed by atoms with E-state index in [2.05, 4.69) is 5.32 Å². The van der Waals surface area contributed by atoms with Crippen LogP contribution in [0.15, 0.2) is 18.2 Å². The second-order valence-corrected chi connectivity index (χ2v) is 3.75. The Kier molecular flexibility index (Phi) is 4.38. The van der Waals surface area contributed by atoms with Crippen molar-refractivity contribution in [1.29, 1.82) is 5.26 Å². The summed E-state index contributed by atoms with van der Waals surface area (Å²) < 4.78 is 35.7. The quantitative estimate of drug-likeness (QED) is 0.818. The van der Waals surface area contributed by atoms with Crippen LogP contribution in [0.4, 0.5) is 18.9 Å². The van der Waals surface area contributed by atoms with Gasteiger partial charge < -0.3 is 5.32 Å². The maximum absolute atomic E-state index is 11.9. The van der Waals surface area contributed by atoms with Crippen LogP contribution >= 0.6 is 0 Å². The van der Waals surface area contributed by atoms with Gasteiger partial charge in [-0.05, 0) is 25.0 Å². The van der Waals surface area contributed by atoms with Gasteiger partial charge in [-0.2, -0.15) is 18.4 Å². The van der Waals surface area contributed by atoms with Crippen LogP contribution in [0.1, 0.15) is 24.0 Å². The van der Waals surface area contributed by atoms with Crippen molar-refractivity contribution >= 4 is 5.69 Å². The highest BCUT2D eigenvalue weighted by atomic mass is 19.4. The van der Waals surface area contributed by atoms with Crippen molar-refractivity contribution in [1.82, 2.24) is 0 Å². The van der Waals surface area contributed by atoms with E-state index in [9.17, 15) is 13.2 Å². The topological polar surface area (TPSA) is 35.8 Å². The lowest BCUT2D eigenvalue weighted by atomic mass is 10.1. The Balaban J connectivity index is 2.53. The third-order valence-corrected chi connectivity index (χ3v) is 2.34. The van der Waals surface area contributed by atoms with Crippen LogP contribution in [0.3, 0.4) is 0 Å². The zero-order valence-corrected chi connectivity index (χ0v) is 9.43. The molecule has 5 heteroatoms. The zero-order chi connectivity index (χ0) is 12.9. The van der Waals surface area contributed by atoms with Gasteiger partial charge in [0.1, 0.15) is 6.07 Å². The predicted octanol–water partition coefficient (Wildman–Crippen LogP) is 3.62. The van der Waals surface area contributed by atoms with Crippen molar-refractivity contribution in [3.05, 3.63) is 29.3 Å². The molecule has 92 valence electrons. The van der Waals surface area contributed by atoms with Gasteiger partial charge in [-0.3, -0.25) is 0 Å². The Bertz CT molecular complexity index is 419. The van der Waals surface area contributed by atoms with Crippen LogP contribution in [0, 0.1) is 18.3 Å². The Morgan fingerprint density at radius 3 is 2.65 bits per heavy atom. The predicted molar refractivity (Wildman–Crippen MR) is 59.7 cm³/mol. The number of nitrogens with zero attached hydrogens (tertiary/aromatic N) is 1. The zero-order valence-electron chi connectivity index (χ0n) is 9.43. The summed E-state index contributed by atoms with van der Waals surface area (Å²) >= 11 is 0. The van der Waals surface area contributed by atoms with E-state index in [4.69, 9.17) is 5.26 Å². The van der Waals surface area contributed by atoms with Gasteiger partial charge >= 0.3 is 6.18 Å². The van der Waals surface area contributed by atoms with Gasteiger partial charge in [0.15, 0.2) is 0 Å². The van der Waals surface area contributed by atoms with E-state index in [1.165, 1.54) is 0 Å². The molecule has 0 fully saturated rings. The van der Waals surface area contributed by atoms with Crippen LogP contribution in [-0.4, -0.2) is 12.7 Å². The minimum Gasteiger partial charge on any atom is -0.384 e. The molecule has 2 nitrogen and oxygen atoms in total. The van der Waals surface area contributed by atoms with Gasteiger partial charge in [0, 0.05) is 13.0 Å². The normalized spacial score (nSPS) is 11.0. The first-order valence-electron chi connectivity index (χ1n) is 5.24. The molecule has 0 aliphatic heterocycles. The summed E-state index contributed by atoms with van der Waals surface area (Å²) in [4.78, 5) is 0. The van der Waals surface area contributed by atoms with Crippen molar-refractivity contribution in [2.75, 3.05) is 11.9 Å². The van der Waals surface area contributed by atoms with E-state index in [1.54, 1.807) is 25.1 Å². The van der Waals surface area contributed by atoms with Crippen molar-refractivity contribution in [2.45, 2.75) is 25.9 Å². The molecule has 1 N–H and O–H groups in total. The van der Waals surface area contributed by atoms with E-state index in [-0.39, 0.29) is 13.0 Å². The number of hydrogen-bond acceptors (Lipinski definition) is 2. The summed E-state index contributed by atoms with van der Waals surface area (Å²) in [5.41, 5.74) is 1.89. The van der Waals surface area contributed by atoms with E-state index in [0.29, 0.717) is 11.3 Å². The Morgan fingerprint density at radius 2 is 2.06 bits per heavy atom. The molecule has 0 radical (unpaired) electrons. The van der Waals surface area contributed by atoms with Gasteiger partial charge in [-0.15, -0.1) is 0 Å². The molecule has 0 unspecified atom stereocenters. The van der Waals surface area contributed by atoms with E-state index < -0.39 is 12.6 Å². The van der Waals surface area contributed by atoms with E-state index in [1.807, 2.05) is 6.07 Å². The molecular weight excluding hydrogens is 229 g/mol. The molecule has 0 atom stereocenters. The lowest BCUT2D eigenvalue weighted by Gasteiger charge is -2.10. The average molecular weight is 242 g/mol. The lowest BCUT2D eigenvalue weighted by molar-refractivity contribution is -0.134. The molecule has 1 aromatic rings. The first-order valence-corrected chi connectivity index (χ1v) is 5.24. The fraction of sp³-hybridized carbons (Fsp3) is 0.417. The minimum absolute atomic E-state index is 0.00229. The van der Waals surface area contributed by atoms with Gasteiger partial charge in [0.05, 0.1) is 11.3 Å². The molecule has 0 spiro atoms. The van der Waals surface area contributed by atoms with Crippen LogP contribution in [0.5, 0.6) is 0 Å². The number of hydrogen-bond donors (Lipinski definition) is 1. The molecule has 17 heavy (non-hydrogen) atoms. The Morgan fingerprint density at radius 1 is 1.35 bits per heavy atom. The van der Waals surface area contributed by atoms with Gasteiger partial charge in [-0.25, -0.2) is 0 Å². The van der Waals surface area contributed by atoms with Gasteiger partial charge in [0.25, 0.3) is 0 Å². The number of benzene rings is 1. The second kappa shape index (κ2) is 5.58. The first kappa shape index (κ1) is 13.4. The highest BCUT2D eigenvalue weighted by Gasteiger charge is 2.25. The minimum atomic E-state index is -4.12. The van der Waals surface area contributed by atoms with Crippen molar-refractivity contribution in [3.8, 4) is 6.07 Å². The summed E-state index contributed by atoms with van der Waals surface area (Å²) in [6, 6.07) is 7.29. The molecule has 0 bridgehead atoms. The fourth-order valence-electron chi connectivity index (χ4n) is 1.48. The summed E-state index contributed by atoms with van der Waals surface area (Å²) in [5, 5.41) is 11.8. The van der Waals surface area contributed by atoms with E-state index >= 15 is 0 Å². The first-order chi connectivity index (χ1) is 7.94. The molecule has 1 aromatic carbocycles. The summed E-state index contributed by atoms with van der Waals surface area (Å²) in [5.74, 6) is 0. The summed E-state index contributed by atoms with van der Waals surface area (Å²) in [7, 11) is 0. The number of anilines is 1. The monoisotopic (exact) mass is 242 g/mol. The maximum Gasteiger partial charge on any atom is 0.389 e. The van der Waals surface area contributed by atoms with Gasteiger partial charge in [-0.1, -0.05) is 12.1 Å². The molecule has 0 aliphatic carbocycles. The summed E-state index contributed by atoms with van der Waals surface area (Å²) in [6.45, 7) is 2.00. The number of rotatable bonds is 4. The van der Waals surface area contributed by atoms with Crippen molar-refractivity contribution in [3.63, 3.8) is 0 Å². The Labute approximate surface area is 98.1 Å². The third kappa shape index (κ3) is 4.35. The van der Waals surface area contributed by atoms with Crippen LogP contribution in [0.2, 0.25) is 0 Å². The average Bonchev–Trinajstić information content (AvgIpc) is 2.23. The van der Waals surface area contributed by atoms with Crippen LogP contribution in [-0.2, 0) is 0 Å². The standard InChI is InChI=1S/C12H13F3N2/c1-9-4-2-5-11(10(9)8-16)17-7-3-6-12(13,14)15/h2,4-5,17H,3,6-7H2,1H3. The second-order valence-electron chi connectivity index (χ2n) is 3.75. The lowest BCUT2D eigenvalue weighted by Crippen LogP contribution is -2.11. The van der Waals surface area contributed by atoms with Gasteiger partial charge in [0.2, 0.25) is 0 Å². The Hall–Kier alpha value is -1.70. The number of nitrogens with one attached hydrogen (secondary N) is 1. The molecule has 0 heterocycles. The van der Waals surface area contributed by atoms with Crippen LogP contribution < -0.4 is 5.32 Å². The third-order valence-electron chi connectivity index (χ3n) is 2.34. The number of alkyl halides is 3. The summed E-state index contributed by atoms with van der Waals surface area (Å²) in [6.07, 6.45) is -4.93. The number of halogens is 3. The SMILES string of the molecule is Cc1cccc(NCCCC(F)(F)F)c1C#N. The molecule has 0 aromatic heterocycles. The smallest absolute Gasteiger partial charge is 0.384 e. The maximum atomic E-state index is 11.9. The van der Waals surface area contributed by atoms with Crippen molar-refractivity contribution in [2.24, 2.45) is 0 Å². The fourth-order valence-corrected chi connectivity index (χ4v) is 1.48. The highest BCUT2D eigenvalue weighted by molar-refractivity contribution is 5.60. The molecule has 0 saturated carbocycles.